The second-order valence-electron chi connectivity index (χ2n) is 3.09. The molecule has 5 heteroatoms. The maximum absolute atomic E-state index is 11.5. The van der Waals surface area contributed by atoms with E-state index in [2.05, 4.69) is 0 Å². The number of anilines is 1. The van der Waals surface area contributed by atoms with Gasteiger partial charge in [-0.15, -0.1) is 0 Å². The minimum absolute atomic E-state index is 0.223. The molecule has 88 valence electrons. The van der Waals surface area contributed by atoms with E-state index in [4.69, 9.17) is 19.9 Å². The van der Waals surface area contributed by atoms with Crippen molar-refractivity contribution in [1.82, 2.24) is 0 Å². The molecular formula is C11H15NO4. The zero-order chi connectivity index (χ0) is 12.0. The Labute approximate surface area is 94.1 Å². The van der Waals surface area contributed by atoms with Gasteiger partial charge in [0.15, 0.2) is 0 Å². The second-order valence-corrected chi connectivity index (χ2v) is 3.09. The van der Waals surface area contributed by atoms with Gasteiger partial charge in [-0.05, 0) is 18.2 Å². The molecule has 0 heterocycles. The molecule has 16 heavy (non-hydrogen) atoms. The van der Waals surface area contributed by atoms with Gasteiger partial charge in [0.05, 0.1) is 25.0 Å². The van der Waals surface area contributed by atoms with E-state index in [1.807, 2.05) is 0 Å². The fraction of sp³-hybridized carbons (Fsp3) is 0.364. The molecule has 1 rings (SSSR count). The Hall–Kier alpha value is -1.75. The number of carbonyl (C=O) groups is 1. The maximum atomic E-state index is 11.5. The molecule has 2 N–H and O–H groups in total. The lowest BCUT2D eigenvalue weighted by Crippen LogP contribution is -2.10. The molecule has 0 radical (unpaired) electrons. The number of ether oxygens (including phenoxy) is 3. The fourth-order valence-electron chi connectivity index (χ4n) is 1.16. The number of hydrogen-bond donors (Lipinski definition) is 1. The van der Waals surface area contributed by atoms with Gasteiger partial charge in [-0.2, -0.15) is 0 Å². The van der Waals surface area contributed by atoms with Crippen molar-refractivity contribution in [1.29, 1.82) is 0 Å². The van der Waals surface area contributed by atoms with Crippen LogP contribution in [0.4, 0.5) is 5.69 Å². The predicted molar refractivity (Wildman–Crippen MR) is 59.6 cm³/mol. The quantitative estimate of drug-likeness (QED) is 0.461. The van der Waals surface area contributed by atoms with E-state index < -0.39 is 5.97 Å². The van der Waals surface area contributed by atoms with Crippen molar-refractivity contribution in [2.75, 3.05) is 33.2 Å². The molecule has 1 aromatic carbocycles. The lowest BCUT2D eigenvalue weighted by atomic mass is 10.2. The summed E-state index contributed by atoms with van der Waals surface area (Å²) in [7, 11) is 3.06. The van der Waals surface area contributed by atoms with Crippen LogP contribution in [0.5, 0.6) is 5.75 Å². The highest BCUT2D eigenvalue weighted by molar-refractivity contribution is 5.91. The van der Waals surface area contributed by atoms with Crippen molar-refractivity contribution in [2.45, 2.75) is 0 Å². The van der Waals surface area contributed by atoms with Crippen molar-refractivity contribution in [3.8, 4) is 5.75 Å². The molecule has 0 aliphatic carbocycles. The molecule has 0 unspecified atom stereocenters. The summed E-state index contributed by atoms with van der Waals surface area (Å²) >= 11 is 0. The smallest absolute Gasteiger partial charge is 0.338 e. The molecule has 0 spiro atoms. The molecule has 1 aromatic rings. The molecule has 0 saturated carbocycles. The van der Waals surface area contributed by atoms with E-state index >= 15 is 0 Å². The second kappa shape index (κ2) is 5.97. The first-order valence-corrected chi connectivity index (χ1v) is 4.78. The number of nitrogen functional groups attached to an aromatic ring is 1. The Morgan fingerprint density at radius 3 is 2.62 bits per heavy atom. The van der Waals surface area contributed by atoms with E-state index in [0.717, 1.165) is 0 Å². The van der Waals surface area contributed by atoms with Crippen LogP contribution in [0.1, 0.15) is 10.4 Å². The molecule has 0 amide bonds. The number of hydrogen-bond acceptors (Lipinski definition) is 5. The first kappa shape index (κ1) is 12.3. The minimum atomic E-state index is -0.425. The predicted octanol–water partition coefficient (Wildman–Crippen LogP) is 1.08. The lowest BCUT2D eigenvalue weighted by Gasteiger charge is -2.07. The molecule has 0 fully saturated rings. The third-order valence-electron chi connectivity index (χ3n) is 1.99. The van der Waals surface area contributed by atoms with Crippen LogP contribution < -0.4 is 10.5 Å². The van der Waals surface area contributed by atoms with Crippen molar-refractivity contribution in [3.63, 3.8) is 0 Å². The van der Waals surface area contributed by atoms with E-state index in [0.29, 0.717) is 23.6 Å². The van der Waals surface area contributed by atoms with E-state index in [1.165, 1.54) is 13.2 Å². The summed E-state index contributed by atoms with van der Waals surface area (Å²) in [5.74, 6) is 0.111. The first-order chi connectivity index (χ1) is 7.69. The minimum Gasteiger partial charge on any atom is -0.495 e. The largest absolute Gasteiger partial charge is 0.495 e. The third-order valence-corrected chi connectivity index (χ3v) is 1.99. The number of carbonyl (C=O) groups excluding carboxylic acids is 1. The van der Waals surface area contributed by atoms with Crippen LogP contribution in [0.15, 0.2) is 18.2 Å². The first-order valence-electron chi connectivity index (χ1n) is 4.78. The number of benzene rings is 1. The number of rotatable bonds is 5. The highest BCUT2D eigenvalue weighted by Crippen LogP contribution is 2.22. The van der Waals surface area contributed by atoms with Gasteiger partial charge >= 0.3 is 5.97 Å². The van der Waals surface area contributed by atoms with Gasteiger partial charge in [-0.1, -0.05) is 0 Å². The van der Waals surface area contributed by atoms with Crippen LogP contribution in [0, 0.1) is 0 Å². The summed E-state index contributed by atoms with van der Waals surface area (Å²) in [5, 5.41) is 0. The molecule has 5 nitrogen and oxygen atoms in total. The Balaban J connectivity index is 2.66. The zero-order valence-electron chi connectivity index (χ0n) is 9.36. The van der Waals surface area contributed by atoms with Crippen molar-refractivity contribution in [2.24, 2.45) is 0 Å². The van der Waals surface area contributed by atoms with Gasteiger partial charge < -0.3 is 19.9 Å². The van der Waals surface area contributed by atoms with Crippen LogP contribution >= 0.6 is 0 Å². The molecule has 0 aliphatic rings. The summed E-state index contributed by atoms with van der Waals surface area (Å²) in [5.41, 5.74) is 6.47. The summed E-state index contributed by atoms with van der Waals surface area (Å²) in [6.45, 7) is 0.596. The summed E-state index contributed by atoms with van der Waals surface area (Å²) in [4.78, 5) is 11.5. The highest BCUT2D eigenvalue weighted by Gasteiger charge is 2.09. The molecule has 0 atom stereocenters. The normalized spacial score (nSPS) is 9.88. The van der Waals surface area contributed by atoms with E-state index in [9.17, 15) is 4.79 Å². The molecule has 0 aliphatic heterocycles. The highest BCUT2D eigenvalue weighted by atomic mass is 16.6. The molecule has 0 aromatic heterocycles. The number of methoxy groups -OCH3 is 2. The van der Waals surface area contributed by atoms with Crippen LogP contribution in [-0.4, -0.2) is 33.4 Å². The van der Waals surface area contributed by atoms with Crippen molar-refractivity contribution >= 4 is 11.7 Å². The van der Waals surface area contributed by atoms with Crippen molar-refractivity contribution < 1.29 is 19.0 Å². The topological polar surface area (TPSA) is 70.8 Å². The van der Waals surface area contributed by atoms with Gasteiger partial charge in [-0.3, -0.25) is 0 Å². The standard InChI is InChI=1S/C11H15NO4/c1-14-5-6-16-11(13)8-3-4-10(15-2)9(12)7-8/h3-4,7H,5-6,12H2,1-2H3. The summed E-state index contributed by atoms with van der Waals surface area (Å²) < 4.78 is 14.7. The number of nitrogens with two attached hydrogens (primary N) is 1. The Morgan fingerprint density at radius 2 is 2.06 bits per heavy atom. The lowest BCUT2D eigenvalue weighted by molar-refractivity contribution is 0.0388. The fourth-order valence-corrected chi connectivity index (χ4v) is 1.16. The Morgan fingerprint density at radius 1 is 1.31 bits per heavy atom. The van der Waals surface area contributed by atoms with Crippen molar-refractivity contribution in [3.05, 3.63) is 23.8 Å². The van der Waals surface area contributed by atoms with Crippen LogP contribution in [-0.2, 0) is 9.47 Å². The van der Waals surface area contributed by atoms with E-state index in [1.54, 1.807) is 19.2 Å². The van der Waals surface area contributed by atoms with Crippen LogP contribution in [0.25, 0.3) is 0 Å². The average Bonchev–Trinajstić information content (AvgIpc) is 2.29. The van der Waals surface area contributed by atoms with Gasteiger partial charge in [0, 0.05) is 7.11 Å². The Bertz CT molecular complexity index is 365. The third kappa shape index (κ3) is 3.13. The number of esters is 1. The van der Waals surface area contributed by atoms with E-state index in [-0.39, 0.29) is 6.61 Å². The molecule has 0 saturated heterocycles. The van der Waals surface area contributed by atoms with Crippen LogP contribution in [0.2, 0.25) is 0 Å². The van der Waals surface area contributed by atoms with Crippen LogP contribution in [0.3, 0.4) is 0 Å². The summed E-state index contributed by atoms with van der Waals surface area (Å²) in [6, 6.07) is 4.75. The molecular weight excluding hydrogens is 210 g/mol. The van der Waals surface area contributed by atoms with Gasteiger partial charge in [0.2, 0.25) is 0 Å². The SMILES string of the molecule is COCCOC(=O)c1ccc(OC)c(N)c1. The zero-order valence-corrected chi connectivity index (χ0v) is 9.36. The summed E-state index contributed by atoms with van der Waals surface area (Å²) in [6.07, 6.45) is 0. The molecule has 0 bridgehead atoms. The van der Waals surface area contributed by atoms with Gasteiger partial charge in [0.25, 0.3) is 0 Å². The Kier molecular flexibility index (Phi) is 4.60. The monoisotopic (exact) mass is 225 g/mol. The average molecular weight is 225 g/mol. The maximum Gasteiger partial charge on any atom is 0.338 e. The van der Waals surface area contributed by atoms with Gasteiger partial charge in [0.1, 0.15) is 12.4 Å². The van der Waals surface area contributed by atoms with Gasteiger partial charge in [-0.25, -0.2) is 4.79 Å².